The first-order valence-corrected chi connectivity index (χ1v) is 6.79. The zero-order valence-electron chi connectivity index (χ0n) is 11.9. The molecule has 0 atom stereocenters. The molecule has 0 fully saturated rings. The van der Waals surface area contributed by atoms with Crippen LogP contribution in [-0.4, -0.2) is 30.3 Å². The third-order valence-electron chi connectivity index (χ3n) is 2.95. The van der Waals surface area contributed by atoms with Crippen molar-refractivity contribution < 1.29 is 24.2 Å². The molecule has 5 heteroatoms. The van der Waals surface area contributed by atoms with E-state index in [1.54, 1.807) is 12.1 Å². The SMILES string of the molecule is O=C(O)c1ccccc1C(=O)OCCOCc1ccccc1. The van der Waals surface area contributed by atoms with E-state index >= 15 is 0 Å². The van der Waals surface area contributed by atoms with E-state index < -0.39 is 11.9 Å². The van der Waals surface area contributed by atoms with Crippen molar-refractivity contribution in [2.45, 2.75) is 6.61 Å². The number of benzene rings is 2. The van der Waals surface area contributed by atoms with Crippen LogP contribution < -0.4 is 0 Å². The van der Waals surface area contributed by atoms with Gasteiger partial charge in [0.1, 0.15) is 6.61 Å². The molecule has 0 radical (unpaired) electrons. The molecule has 2 rings (SSSR count). The first-order valence-electron chi connectivity index (χ1n) is 6.79. The summed E-state index contributed by atoms with van der Waals surface area (Å²) in [5.41, 5.74) is 1.00. The number of esters is 1. The van der Waals surface area contributed by atoms with Crippen molar-refractivity contribution in [3.8, 4) is 0 Å². The zero-order valence-corrected chi connectivity index (χ0v) is 11.9. The van der Waals surface area contributed by atoms with Crippen LogP contribution in [0.2, 0.25) is 0 Å². The Morgan fingerprint density at radius 1 is 0.864 bits per heavy atom. The molecular weight excluding hydrogens is 284 g/mol. The second kappa shape index (κ2) is 7.95. The molecule has 0 aliphatic rings. The average molecular weight is 300 g/mol. The van der Waals surface area contributed by atoms with Gasteiger partial charge in [0.2, 0.25) is 0 Å². The number of hydrogen-bond donors (Lipinski definition) is 1. The number of aromatic carboxylic acids is 1. The minimum absolute atomic E-state index is 0.0399. The second-order valence-corrected chi connectivity index (χ2v) is 4.52. The Kier molecular flexibility index (Phi) is 5.68. The summed E-state index contributed by atoms with van der Waals surface area (Å²) in [6, 6.07) is 15.6. The van der Waals surface area contributed by atoms with Crippen LogP contribution in [0.4, 0.5) is 0 Å². The Hall–Kier alpha value is -2.66. The molecule has 1 N–H and O–H groups in total. The van der Waals surface area contributed by atoms with Crippen LogP contribution in [0.5, 0.6) is 0 Å². The highest BCUT2D eigenvalue weighted by atomic mass is 16.6. The van der Waals surface area contributed by atoms with E-state index in [-0.39, 0.29) is 24.3 Å². The third-order valence-corrected chi connectivity index (χ3v) is 2.95. The Labute approximate surface area is 128 Å². The van der Waals surface area contributed by atoms with E-state index in [1.165, 1.54) is 12.1 Å². The molecule has 2 aromatic rings. The maximum atomic E-state index is 11.9. The van der Waals surface area contributed by atoms with Crippen LogP contribution in [0.1, 0.15) is 26.3 Å². The lowest BCUT2D eigenvalue weighted by atomic mass is 10.1. The normalized spacial score (nSPS) is 10.2. The van der Waals surface area contributed by atoms with Crippen LogP contribution in [0.3, 0.4) is 0 Å². The van der Waals surface area contributed by atoms with E-state index in [4.69, 9.17) is 14.6 Å². The monoisotopic (exact) mass is 300 g/mol. The van der Waals surface area contributed by atoms with E-state index in [0.717, 1.165) is 5.56 Å². The number of ether oxygens (including phenoxy) is 2. The molecule has 0 amide bonds. The van der Waals surface area contributed by atoms with Crippen molar-refractivity contribution in [3.05, 3.63) is 71.3 Å². The average Bonchev–Trinajstić information content (AvgIpc) is 2.55. The van der Waals surface area contributed by atoms with Gasteiger partial charge in [-0.1, -0.05) is 42.5 Å². The summed E-state index contributed by atoms with van der Waals surface area (Å²) in [7, 11) is 0. The number of carbonyl (C=O) groups excluding carboxylic acids is 1. The van der Waals surface area contributed by atoms with Crippen molar-refractivity contribution in [3.63, 3.8) is 0 Å². The lowest BCUT2D eigenvalue weighted by Gasteiger charge is -2.08. The van der Waals surface area contributed by atoms with Crippen molar-refractivity contribution in [2.24, 2.45) is 0 Å². The minimum atomic E-state index is -1.16. The molecule has 0 bridgehead atoms. The van der Waals surface area contributed by atoms with Crippen LogP contribution in [-0.2, 0) is 16.1 Å². The summed E-state index contributed by atoms with van der Waals surface area (Å²) in [5, 5.41) is 9.02. The predicted molar refractivity (Wildman–Crippen MR) is 79.8 cm³/mol. The van der Waals surface area contributed by atoms with Gasteiger partial charge in [0.25, 0.3) is 0 Å². The molecule has 114 valence electrons. The van der Waals surface area contributed by atoms with Gasteiger partial charge in [-0.05, 0) is 17.7 Å². The summed E-state index contributed by atoms with van der Waals surface area (Å²) >= 11 is 0. The maximum Gasteiger partial charge on any atom is 0.339 e. The molecule has 0 aliphatic carbocycles. The van der Waals surface area contributed by atoms with Crippen molar-refractivity contribution in [1.82, 2.24) is 0 Å². The standard InChI is InChI=1S/C17H16O5/c18-16(19)14-8-4-5-9-15(14)17(20)22-11-10-21-12-13-6-2-1-3-7-13/h1-9H,10-12H2,(H,18,19). The van der Waals surface area contributed by atoms with E-state index in [2.05, 4.69) is 0 Å². The fourth-order valence-corrected chi connectivity index (χ4v) is 1.88. The highest BCUT2D eigenvalue weighted by molar-refractivity contribution is 6.02. The Bertz CT molecular complexity index is 637. The largest absolute Gasteiger partial charge is 0.478 e. The molecule has 0 saturated carbocycles. The molecule has 0 saturated heterocycles. The highest BCUT2D eigenvalue weighted by Gasteiger charge is 2.16. The van der Waals surface area contributed by atoms with Gasteiger partial charge in [-0.2, -0.15) is 0 Å². The number of rotatable bonds is 7. The number of carboxylic acid groups (broad SMARTS) is 1. The molecule has 0 aliphatic heterocycles. The summed E-state index contributed by atoms with van der Waals surface area (Å²) in [5.74, 6) is -1.82. The van der Waals surface area contributed by atoms with Crippen LogP contribution in [0, 0.1) is 0 Å². The number of carboxylic acids is 1. The van der Waals surface area contributed by atoms with Gasteiger partial charge in [-0.15, -0.1) is 0 Å². The molecule has 5 nitrogen and oxygen atoms in total. The summed E-state index contributed by atoms with van der Waals surface area (Å²) in [6.07, 6.45) is 0. The fourth-order valence-electron chi connectivity index (χ4n) is 1.88. The summed E-state index contributed by atoms with van der Waals surface area (Å²) < 4.78 is 10.4. The molecule has 22 heavy (non-hydrogen) atoms. The van der Waals surface area contributed by atoms with Crippen LogP contribution in [0.15, 0.2) is 54.6 Å². The van der Waals surface area contributed by atoms with Crippen LogP contribution >= 0.6 is 0 Å². The molecule has 0 heterocycles. The Morgan fingerprint density at radius 3 is 2.18 bits per heavy atom. The van der Waals surface area contributed by atoms with Crippen LogP contribution in [0.25, 0.3) is 0 Å². The molecule has 0 unspecified atom stereocenters. The van der Waals surface area contributed by atoms with Crippen molar-refractivity contribution >= 4 is 11.9 Å². The lowest BCUT2D eigenvalue weighted by molar-refractivity contribution is 0.0284. The van der Waals surface area contributed by atoms with Gasteiger partial charge in [-0.25, -0.2) is 9.59 Å². The van der Waals surface area contributed by atoms with Crippen molar-refractivity contribution in [2.75, 3.05) is 13.2 Å². The number of carbonyl (C=O) groups is 2. The maximum absolute atomic E-state index is 11.9. The second-order valence-electron chi connectivity index (χ2n) is 4.52. The van der Waals surface area contributed by atoms with Gasteiger partial charge >= 0.3 is 11.9 Å². The van der Waals surface area contributed by atoms with Crippen molar-refractivity contribution in [1.29, 1.82) is 0 Å². The van der Waals surface area contributed by atoms with Gasteiger partial charge < -0.3 is 14.6 Å². The minimum Gasteiger partial charge on any atom is -0.478 e. The lowest BCUT2D eigenvalue weighted by Crippen LogP contribution is -2.14. The first-order chi connectivity index (χ1) is 10.7. The summed E-state index contributed by atoms with van der Waals surface area (Å²) in [6.45, 7) is 0.750. The quantitative estimate of drug-likeness (QED) is 0.628. The fraction of sp³-hybridized carbons (Fsp3) is 0.176. The van der Waals surface area contributed by atoms with E-state index in [1.807, 2.05) is 30.3 Å². The molecule has 0 spiro atoms. The van der Waals surface area contributed by atoms with Gasteiger partial charge in [0.15, 0.2) is 0 Å². The van der Waals surface area contributed by atoms with Gasteiger partial charge in [0, 0.05) is 0 Å². The van der Waals surface area contributed by atoms with E-state index in [9.17, 15) is 9.59 Å². The molecule has 2 aromatic carbocycles. The Morgan fingerprint density at radius 2 is 1.50 bits per heavy atom. The Balaban J connectivity index is 1.78. The van der Waals surface area contributed by atoms with Gasteiger partial charge in [0.05, 0.1) is 24.3 Å². The predicted octanol–water partition coefficient (Wildman–Crippen LogP) is 2.76. The van der Waals surface area contributed by atoms with Gasteiger partial charge in [-0.3, -0.25) is 0 Å². The smallest absolute Gasteiger partial charge is 0.339 e. The van der Waals surface area contributed by atoms with E-state index in [0.29, 0.717) is 6.61 Å². The highest BCUT2D eigenvalue weighted by Crippen LogP contribution is 2.10. The number of hydrogen-bond acceptors (Lipinski definition) is 4. The summed E-state index contributed by atoms with van der Waals surface area (Å²) in [4.78, 5) is 22.9. The molecule has 0 aromatic heterocycles. The molecular formula is C17H16O5. The zero-order chi connectivity index (χ0) is 15.8. The topological polar surface area (TPSA) is 72.8 Å². The third kappa shape index (κ3) is 4.43. The first kappa shape index (κ1) is 15.7.